The molecule has 0 aliphatic rings. The van der Waals surface area contributed by atoms with E-state index in [9.17, 15) is 0 Å². The average Bonchev–Trinajstić information content (AvgIpc) is 1.73. The Morgan fingerprint density at radius 1 is 0.165 bits per heavy atom. The number of aromatic nitrogens is 5. The predicted molar refractivity (Wildman–Crippen MR) is 492 cm³/mol. The van der Waals surface area contributed by atoms with Crippen molar-refractivity contribution in [1.82, 2.24) is 22.8 Å². The molecule has 18 aromatic carbocycles. The van der Waals surface area contributed by atoms with Crippen LogP contribution in [0.5, 0.6) is 0 Å². The highest BCUT2D eigenvalue weighted by Crippen LogP contribution is 2.47. The SMILES string of the molecule is c1ccc(-n2c3ccccc3c3cc(-c4ccc5c6c7sc8ccccc8c7ccc6n(-c6ccccc6)c5c4)ccc32)cc1.c1ccc(-n2c3ccccc3c3cc4c5cc(-c6ccc7c(c6)c6ccccc6n7-c6cccc([Si](c7ccccc7)(c7ccccc7)c7ccccc7)c6)ccc5n(-c5ccccc5)c4cc32)cc1. The Hall–Kier alpha value is -14.6. The lowest BCUT2D eigenvalue weighted by atomic mass is 10.00. The number of para-hydroxylation sites is 7. The van der Waals surface area contributed by atoms with Gasteiger partial charge in [-0.05, 0) is 189 Å². The summed E-state index contributed by atoms with van der Waals surface area (Å²) in [5.41, 5.74) is 22.7. The molecule has 5 nitrogen and oxygen atoms in total. The Bertz CT molecular complexity index is 7840. The minimum Gasteiger partial charge on any atom is -0.309 e. The van der Waals surface area contributed by atoms with Crippen molar-refractivity contribution in [1.29, 1.82) is 0 Å². The molecule has 0 spiro atoms. The molecule has 24 aromatic rings. The van der Waals surface area contributed by atoms with Crippen molar-refractivity contribution in [2.24, 2.45) is 0 Å². The predicted octanol–water partition coefficient (Wildman–Crippen LogP) is 25.9. The highest BCUT2D eigenvalue weighted by atomic mass is 32.1. The van der Waals surface area contributed by atoms with Gasteiger partial charge < -0.3 is 22.8 Å². The molecule has 538 valence electrons. The molecule has 0 bridgehead atoms. The molecular weight excluding hydrogens is 1430 g/mol. The van der Waals surface area contributed by atoms with Crippen LogP contribution in [0.3, 0.4) is 0 Å². The maximum atomic E-state index is 2.48. The molecule has 0 amide bonds. The molecule has 7 heteroatoms. The highest BCUT2D eigenvalue weighted by molar-refractivity contribution is 7.26. The van der Waals surface area contributed by atoms with Crippen LogP contribution in [-0.2, 0) is 0 Å². The van der Waals surface area contributed by atoms with Gasteiger partial charge in [0.2, 0.25) is 0 Å². The van der Waals surface area contributed by atoms with Gasteiger partial charge in [0, 0.05) is 102 Å². The Morgan fingerprint density at radius 3 is 0.939 bits per heavy atom. The van der Waals surface area contributed by atoms with Crippen LogP contribution in [0.1, 0.15) is 0 Å². The Kier molecular flexibility index (Phi) is 15.4. The summed E-state index contributed by atoms with van der Waals surface area (Å²) in [5, 5.41) is 20.7. The van der Waals surface area contributed by atoms with Crippen molar-refractivity contribution in [2.45, 2.75) is 0 Å². The standard InChI is InChI=1S/C66H45N3Si.C42H26N2S/c1-6-21-48(22-7-1)67-61-35-18-17-34-56(61)59-44-60-58-42-47(38-40-64(58)68(66(60)45-65(59)67)49-23-8-2-9-24-49)46-37-39-63-57(41-46)55-33-16-19-36-62(55)69(63)50-25-20-32-54(43-50)70(51-26-10-3-11-27-51,52-28-12-4-13-29-52)53-30-14-5-15-31-53;1-3-11-29(12-4-1)43-36-17-9-7-15-31(36)35-25-27(20-23-37(35)43)28-19-21-34-39(26-28)44(30-13-5-2-6-14-30)38-24-22-33-32-16-8-10-18-40(32)45-42(33)41(34)38/h1-45H;1-26H. The third kappa shape index (κ3) is 10.4. The molecule has 6 aromatic heterocycles. The zero-order valence-corrected chi connectivity index (χ0v) is 64.5. The van der Waals surface area contributed by atoms with Crippen LogP contribution in [0.4, 0.5) is 0 Å². The molecule has 0 saturated heterocycles. The van der Waals surface area contributed by atoms with Crippen LogP contribution < -0.4 is 20.7 Å². The fourth-order valence-electron chi connectivity index (χ4n) is 19.1. The topological polar surface area (TPSA) is 24.6 Å². The first kappa shape index (κ1) is 66.2. The van der Waals surface area contributed by atoms with E-state index < -0.39 is 8.07 Å². The molecule has 0 fully saturated rings. The third-order valence-electron chi connectivity index (χ3n) is 24.1. The summed E-state index contributed by atoms with van der Waals surface area (Å²) in [5.74, 6) is 0. The van der Waals surface area contributed by atoms with Crippen molar-refractivity contribution in [3.05, 3.63) is 431 Å². The third-order valence-corrected chi connectivity index (χ3v) is 30.0. The van der Waals surface area contributed by atoms with Crippen molar-refractivity contribution in [3.63, 3.8) is 0 Å². The van der Waals surface area contributed by atoms with Crippen LogP contribution in [0, 0.1) is 0 Å². The number of nitrogens with zero attached hydrogens (tertiary/aromatic N) is 5. The molecule has 0 N–H and O–H groups in total. The number of hydrogen-bond donors (Lipinski definition) is 0. The van der Waals surface area contributed by atoms with Gasteiger partial charge in [-0.3, -0.25) is 0 Å². The quantitative estimate of drug-likeness (QED) is 0.0911. The van der Waals surface area contributed by atoms with Crippen LogP contribution in [-0.4, -0.2) is 30.9 Å². The Balaban J connectivity index is 0.000000149. The summed E-state index contributed by atoms with van der Waals surface area (Å²) in [6, 6.07) is 159. The Labute approximate surface area is 668 Å². The first-order valence-electron chi connectivity index (χ1n) is 39.5. The summed E-state index contributed by atoms with van der Waals surface area (Å²) in [7, 11) is -2.75. The second-order valence-corrected chi connectivity index (χ2v) is 35.1. The van der Waals surface area contributed by atoms with E-state index in [1.54, 1.807) is 0 Å². The zero-order valence-electron chi connectivity index (χ0n) is 62.6. The first-order chi connectivity index (χ1) is 57.1. The van der Waals surface area contributed by atoms with Crippen LogP contribution in [0.15, 0.2) is 431 Å². The molecule has 115 heavy (non-hydrogen) atoms. The average molecular weight is 1500 g/mol. The summed E-state index contributed by atoms with van der Waals surface area (Å²) in [4.78, 5) is 0. The fourth-order valence-corrected chi connectivity index (χ4v) is 25.1. The van der Waals surface area contributed by atoms with E-state index in [1.807, 2.05) is 11.3 Å². The van der Waals surface area contributed by atoms with Crippen LogP contribution in [0.2, 0.25) is 0 Å². The van der Waals surface area contributed by atoms with E-state index in [0.29, 0.717) is 0 Å². The van der Waals surface area contributed by atoms with Crippen molar-refractivity contribution in [2.75, 3.05) is 0 Å². The van der Waals surface area contributed by atoms with Gasteiger partial charge in [-0.1, -0.05) is 285 Å². The summed E-state index contributed by atoms with van der Waals surface area (Å²) in [6.45, 7) is 0. The summed E-state index contributed by atoms with van der Waals surface area (Å²) >= 11 is 1.90. The van der Waals surface area contributed by atoms with E-state index >= 15 is 0 Å². The molecule has 0 radical (unpaired) electrons. The number of fused-ring (bicyclic) bond motifs is 19. The largest absolute Gasteiger partial charge is 0.309 e. The first-order valence-corrected chi connectivity index (χ1v) is 42.4. The van der Waals surface area contributed by atoms with Gasteiger partial charge in [0.1, 0.15) is 0 Å². The number of benzene rings is 18. The van der Waals surface area contributed by atoms with Gasteiger partial charge in [-0.2, -0.15) is 0 Å². The lowest BCUT2D eigenvalue weighted by Crippen LogP contribution is -2.74. The molecule has 0 aliphatic carbocycles. The summed E-state index contributed by atoms with van der Waals surface area (Å²) in [6.07, 6.45) is 0. The smallest absolute Gasteiger partial charge is 0.179 e. The van der Waals surface area contributed by atoms with Crippen LogP contribution >= 0.6 is 11.3 Å². The second kappa shape index (κ2) is 26.8. The van der Waals surface area contributed by atoms with E-state index in [4.69, 9.17) is 0 Å². The lowest BCUT2D eigenvalue weighted by molar-refractivity contribution is 1.16. The normalized spacial score (nSPS) is 12.0. The molecule has 0 unspecified atom stereocenters. The molecule has 0 aliphatic heterocycles. The van der Waals surface area contributed by atoms with Gasteiger partial charge in [-0.25, -0.2) is 0 Å². The second-order valence-electron chi connectivity index (χ2n) is 30.2. The van der Waals surface area contributed by atoms with Crippen LogP contribution in [0.25, 0.3) is 180 Å². The van der Waals surface area contributed by atoms with E-state index in [1.165, 1.54) is 184 Å². The Morgan fingerprint density at radius 2 is 0.470 bits per heavy atom. The van der Waals surface area contributed by atoms with Gasteiger partial charge in [0.05, 0.1) is 55.2 Å². The molecule has 6 heterocycles. The zero-order chi connectivity index (χ0) is 75.7. The molecule has 0 saturated carbocycles. The minimum atomic E-state index is -2.75. The van der Waals surface area contributed by atoms with E-state index in [0.717, 1.165) is 17.1 Å². The minimum absolute atomic E-state index is 1.14. The van der Waals surface area contributed by atoms with Gasteiger partial charge in [-0.15, -0.1) is 11.3 Å². The van der Waals surface area contributed by atoms with Gasteiger partial charge >= 0.3 is 0 Å². The molecule has 0 atom stereocenters. The maximum absolute atomic E-state index is 2.75. The molecular formula is C108H71N5SSi. The number of hydrogen-bond acceptors (Lipinski definition) is 1. The van der Waals surface area contributed by atoms with Gasteiger partial charge in [0.15, 0.2) is 8.07 Å². The van der Waals surface area contributed by atoms with E-state index in [2.05, 4.69) is 454 Å². The van der Waals surface area contributed by atoms with Crippen molar-refractivity contribution in [3.8, 4) is 50.7 Å². The summed E-state index contributed by atoms with van der Waals surface area (Å²) < 4.78 is 14.8. The van der Waals surface area contributed by atoms with E-state index in [-0.39, 0.29) is 0 Å². The number of rotatable bonds is 11. The highest BCUT2D eigenvalue weighted by Gasteiger charge is 2.42. The van der Waals surface area contributed by atoms with Gasteiger partial charge in [0.25, 0.3) is 0 Å². The maximum Gasteiger partial charge on any atom is 0.179 e. The van der Waals surface area contributed by atoms with Crippen molar-refractivity contribution < 1.29 is 0 Å². The monoisotopic (exact) mass is 1500 g/mol. The van der Waals surface area contributed by atoms with Crippen molar-refractivity contribution >= 4 is 169 Å². The molecule has 24 rings (SSSR count). The number of thiophene rings is 1. The fraction of sp³-hybridized carbons (Fsp3) is 0. The lowest BCUT2D eigenvalue weighted by Gasteiger charge is -2.34.